The van der Waals surface area contributed by atoms with Crippen LogP contribution in [-0.4, -0.2) is 6.29 Å². The lowest BCUT2D eigenvalue weighted by molar-refractivity contribution is 0.112. The molecule has 2 nitrogen and oxygen atoms in total. The van der Waals surface area contributed by atoms with E-state index < -0.39 is 11.6 Å². The molecular formula is C13H7BrF2O2. The largest absolute Gasteiger partial charge is 0.456 e. The molecule has 0 aliphatic rings. The molecule has 18 heavy (non-hydrogen) atoms. The van der Waals surface area contributed by atoms with Gasteiger partial charge < -0.3 is 4.74 Å². The van der Waals surface area contributed by atoms with Crippen molar-refractivity contribution in [2.45, 2.75) is 0 Å². The highest BCUT2D eigenvalue weighted by atomic mass is 79.9. The molecule has 0 N–H and O–H groups in total. The van der Waals surface area contributed by atoms with Gasteiger partial charge in [-0.05, 0) is 46.3 Å². The van der Waals surface area contributed by atoms with E-state index in [9.17, 15) is 13.6 Å². The van der Waals surface area contributed by atoms with E-state index in [1.807, 2.05) is 0 Å². The average Bonchev–Trinajstić information content (AvgIpc) is 2.32. The number of carbonyl (C=O) groups is 1. The van der Waals surface area contributed by atoms with Gasteiger partial charge in [0.15, 0.2) is 0 Å². The van der Waals surface area contributed by atoms with Gasteiger partial charge >= 0.3 is 0 Å². The van der Waals surface area contributed by atoms with Gasteiger partial charge in [0.2, 0.25) is 0 Å². The lowest BCUT2D eigenvalue weighted by atomic mass is 10.2. The van der Waals surface area contributed by atoms with Crippen LogP contribution in [0.1, 0.15) is 10.4 Å². The summed E-state index contributed by atoms with van der Waals surface area (Å²) in [7, 11) is 0. The predicted molar refractivity (Wildman–Crippen MR) is 66.0 cm³/mol. The van der Waals surface area contributed by atoms with Gasteiger partial charge in [-0.1, -0.05) is 0 Å². The molecule has 0 aliphatic carbocycles. The van der Waals surface area contributed by atoms with Crippen molar-refractivity contribution in [1.82, 2.24) is 0 Å². The van der Waals surface area contributed by atoms with Gasteiger partial charge in [-0.2, -0.15) is 0 Å². The molecule has 0 heterocycles. The average molecular weight is 313 g/mol. The van der Waals surface area contributed by atoms with Crippen LogP contribution in [0.15, 0.2) is 40.9 Å². The monoisotopic (exact) mass is 312 g/mol. The SMILES string of the molecule is O=Cc1cc(F)cc(Oc2ccc(F)cc2Br)c1. The minimum atomic E-state index is -0.576. The minimum Gasteiger partial charge on any atom is -0.456 e. The number of aldehydes is 1. The summed E-state index contributed by atoms with van der Waals surface area (Å²) in [6.45, 7) is 0. The molecule has 2 aromatic carbocycles. The third-order valence-corrected chi connectivity index (χ3v) is 2.77. The standard InChI is InChI=1S/C13H7BrF2O2/c14-12-6-9(15)1-2-13(12)18-11-4-8(7-17)3-10(16)5-11/h1-7H. The van der Waals surface area contributed by atoms with Crippen molar-refractivity contribution in [3.8, 4) is 11.5 Å². The van der Waals surface area contributed by atoms with Crippen LogP contribution in [0.2, 0.25) is 0 Å². The maximum atomic E-state index is 13.2. The number of rotatable bonds is 3. The summed E-state index contributed by atoms with van der Waals surface area (Å²) in [6, 6.07) is 7.49. The Morgan fingerprint density at radius 2 is 1.83 bits per heavy atom. The fourth-order valence-corrected chi connectivity index (χ4v) is 1.83. The normalized spacial score (nSPS) is 10.2. The maximum absolute atomic E-state index is 13.2. The lowest BCUT2D eigenvalue weighted by Crippen LogP contribution is -1.90. The van der Waals surface area contributed by atoms with Crippen LogP contribution in [0, 0.1) is 11.6 Å². The van der Waals surface area contributed by atoms with Crippen LogP contribution in [-0.2, 0) is 0 Å². The van der Waals surface area contributed by atoms with Crippen LogP contribution >= 0.6 is 15.9 Å². The number of ether oxygens (including phenoxy) is 1. The second kappa shape index (κ2) is 5.27. The minimum absolute atomic E-state index is 0.170. The van der Waals surface area contributed by atoms with Crippen molar-refractivity contribution >= 4 is 22.2 Å². The third-order valence-electron chi connectivity index (χ3n) is 2.15. The topological polar surface area (TPSA) is 26.3 Å². The number of benzene rings is 2. The van der Waals surface area contributed by atoms with Crippen molar-refractivity contribution < 1.29 is 18.3 Å². The van der Waals surface area contributed by atoms with E-state index in [0.29, 0.717) is 16.5 Å². The first-order valence-electron chi connectivity index (χ1n) is 4.97. The van der Waals surface area contributed by atoms with Crippen molar-refractivity contribution in [2.75, 3.05) is 0 Å². The zero-order valence-electron chi connectivity index (χ0n) is 8.99. The summed E-state index contributed by atoms with van der Waals surface area (Å²) in [6.07, 6.45) is 0.523. The van der Waals surface area contributed by atoms with Crippen molar-refractivity contribution in [3.63, 3.8) is 0 Å². The number of hydrogen-bond donors (Lipinski definition) is 0. The van der Waals surface area contributed by atoms with E-state index >= 15 is 0 Å². The molecule has 2 rings (SSSR count). The molecule has 0 aliphatic heterocycles. The van der Waals surface area contributed by atoms with Crippen molar-refractivity contribution in [2.24, 2.45) is 0 Å². The maximum Gasteiger partial charge on any atom is 0.150 e. The Hall–Kier alpha value is -1.75. The first-order valence-corrected chi connectivity index (χ1v) is 5.76. The van der Waals surface area contributed by atoms with E-state index in [4.69, 9.17) is 4.74 Å². The number of hydrogen-bond acceptors (Lipinski definition) is 2. The van der Waals surface area contributed by atoms with E-state index in [-0.39, 0.29) is 11.3 Å². The van der Waals surface area contributed by atoms with Gasteiger partial charge in [0.05, 0.1) is 4.47 Å². The fourth-order valence-electron chi connectivity index (χ4n) is 1.40. The van der Waals surface area contributed by atoms with Gasteiger partial charge in [-0.3, -0.25) is 4.79 Å². The first kappa shape index (κ1) is 12.7. The highest BCUT2D eigenvalue weighted by Gasteiger charge is 2.06. The van der Waals surface area contributed by atoms with Crippen LogP contribution in [0.4, 0.5) is 8.78 Å². The van der Waals surface area contributed by atoms with Crippen LogP contribution in [0.5, 0.6) is 11.5 Å². The highest BCUT2D eigenvalue weighted by molar-refractivity contribution is 9.10. The highest BCUT2D eigenvalue weighted by Crippen LogP contribution is 2.30. The Balaban J connectivity index is 2.33. The molecule has 0 atom stereocenters. The zero-order chi connectivity index (χ0) is 13.1. The quantitative estimate of drug-likeness (QED) is 0.788. The Bertz CT molecular complexity index is 600. The summed E-state index contributed by atoms with van der Waals surface area (Å²) in [5.41, 5.74) is 0.170. The first-order chi connectivity index (χ1) is 8.58. The molecule has 0 aromatic heterocycles. The van der Waals surface area contributed by atoms with Crippen LogP contribution in [0.25, 0.3) is 0 Å². The smallest absolute Gasteiger partial charge is 0.150 e. The molecule has 2 aromatic rings. The van der Waals surface area contributed by atoms with E-state index in [0.717, 1.165) is 12.1 Å². The molecule has 0 fully saturated rings. The summed E-state index contributed by atoms with van der Waals surface area (Å²) < 4.78 is 31.8. The van der Waals surface area contributed by atoms with Crippen molar-refractivity contribution in [3.05, 3.63) is 58.1 Å². The van der Waals surface area contributed by atoms with Gasteiger partial charge in [0.25, 0.3) is 0 Å². The van der Waals surface area contributed by atoms with Gasteiger partial charge in [0.1, 0.15) is 29.4 Å². The summed E-state index contributed by atoms with van der Waals surface area (Å²) in [5, 5.41) is 0. The molecule has 0 unspecified atom stereocenters. The van der Waals surface area contributed by atoms with E-state index in [2.05, 4.69) is 15.9 Å². The molecule has 0 bridgehead atoms. The molecule has 0 saturated heterocycles. The molecule has 5 heteroatoms. The predicted octanol–water partition coefficient (Wildman–Crippen LogP) is 4.33. The fraction of sp³-hybridized carbons (Fsp3) is 0. The summed E-state index contributed by atoms with van der Waals surface area (Å²) >= 11 is 3.13. The van der Waals surface area contributed by atoms with Crippen LogP contribution < -0.4 is 4.74 Å². The number of halogens is 3. The Morgan fingerprint density at radius 3 is 2.50 bits per heavy atom. The van der Waals surface area contributed by atoms with Crippen LogP contribution in [0.3, 0.4) is 0 Å². The molecule has 0 spiro atoms. The van der Waals surface area contributed by atoms with E-state index in [1.54, 1.807) is 0 Å². The van der Waals surface area contributed by atoms with E-state index in [1.165, 1.54) is 24.3 Å². The van der Waals surface area contributed by atoms with Gasteiger partial charge in [0, 0.05) is 11.6 Å². The van der Waals surface area contributed by atoms with Gasteiger partial charge in [-0.15, -0.1) is 0 Å². The second-order valence-corrected chi connectivity index (χ2v) is 4.37. The second-order valence-electron chi connectivity index (χ2n) is 3.51. The number of carbonyl (C=O) groups excluding carboxylic acids is 1. The van der Waals surface area contributed by atoms with Crippen molar-refractivity contribution in [1.29, 1.82) is 0 Å². The molecule has 0 saturated carbocycles. The Kier molecular flexibility index (Phi) is 3.72. The summed E-state index contributed by atoms with van der Waals surface area (Å²) in [4.78, 5) is 10.6. The molecular weight excluding hydrogens is 306 g/mol. The lowest BCUT2D eigenvalue weighted by Gasteiger charge is -2.08. The van der Waals surface area contributed by atoms with Gasteiger partial charge in [-0.25, -0.2) is 8.78 Å². The summed E-state index contributed by atoms with van der Waals surface area (Å²) in [5.74, 6) is -0.488. The molecule has 0 amide bonds. The third kappa shape index (κ3) is 2.92. The Labute approximate surface area is 110 Å². The Morgan fingerprint density at radius 1 is 1.06 bits per heavy atom. The molecule has 92 valence electrons. The zero-order valence-corrected chi connectivity index (χ0v) is 10.6. The molecule has 0 radical (unpaired) electrons.